The first-order valence-corrected chi connectivity index (χ1v) is 8.34. The maximum atomic E-state index is 5.22. The van der Waals surface area contributed by atoms with Crippen LogP contribution in [0.1, 0.15) is 31.7 Å². The minimum Gasteiger partial charge on any atom is -0.497 e. The van der Waals surface area contributed by atoms with Gasteiger partial charge >= 0.3 is 0 Å². The summed E-state index contributed by atoms with van der Waals surface area (Å²) in [6.07, 6.45) is 0.831. The smallest absolute Gasteiger partial charge is 0.181 e. The molecule has 0 radical (unpaired) electrons. The minimum absolute atomic E-state index is 0.404. The minimum atomic E-state index is -0.404. The molecule has 25 heavy (non-hydrogen) atoms. The average molecular weight is 337 g/mol. The van der Waals surface area contributed by atoms with Crippen LogP contribution in [0.5, 0.6) is 5.75 Å². The van der Waals surface area contributed by atoms with E-state index >= 15 is 0 Å². The first kappa shape index (κ1) is 17.0. The third-order valence-corrected chi connectivity index (χ3v) is 4.46. The van der Waals surface area contributed by atoms with E-state index in [2.05, 4.69) is 65.9 Å². The van der Waals surface area contributed by atoms with Crippen LogP contribution in [0.2, 0.25) is 0 Å². The van der Waals surface area contributed by atoms with Crippen LogP contribution in [0.4, 0.5) is 5.69 Å². The highest BCUT2D eigenvalue weighted by molar-refractivity contribution is 5.48. The number of tetrazole rings is 1. The topological polar surface area (TPSA) is 64.9 Å². The van der Waals surface area contributed by atoms with Gasteiger partial charge in [-0.15, -0.1) is 5.10 Å². The second-order valence-electron chi connectivity index (χ2n) is 6.29. The Balaban J connectivity index is 1.95. The van der Waals surface area contributed by atoms with Gasteiger partial charge in [0.25, 0.3) is 0 Å². The highest BCUT2D eigenvalue weighted by Gasteiger charge is 2.31. The maximum absolute atomic E-state index is 5.22. The molecule has 0 aliphatic carbocycles. The van der Waals surface area contributed by atoms with Crippen LogP contribution in [-0.4, -0.2) is 27.3 Å². The van der Waals surface area contributed by atoms with E-state index in [1.807, 2.05) is 24.3 Å². The number of ether oxygens (including phenoxy) is 1. The van der Waals surface area contributed by atoms with Crippen LogP contribution < -0.4 is 10.1 Å². The molecule has 0 aliphatic rings. The van der Waals surface area contributed by atoms with E-state index in [0.29, 0.717) is 0 Å². The lowest BCUT2D eigenvalue weighted by Gasteiger charge is -2.29. The number of anilines is 1. The second kappa shape index (κ2) is 6.93. The summed E-state index contributed by atoms with van der Waals surface area (Å²) >= 11 is 0. The molecule has 2 aromatic carbocycles. The van der Waals surface area contributed by atoms with Crippen LogP contribution >= 0.6 is 0 Å². The highest BCUT2D eigenvalue weighted by Crippen LogP contribution is 2.29. The predicted molar refractivity (Wildman–Crippen MR) is 98.2 cm³/mol. The molecule has 0 bridgehead atoms. The molecule has 0 saturated heterocycles. The largest absolute Gasteiger partial charge is 0.497 e. The molecule has 1 aromatic heterocycles. The van der Waals surface area contributed by atoms with Gasteiger partial charge in [0.15, 0.2) is 5.82 Å². The Morgan fingerprint density at radius 2 is 1.76 bits per heavy atom. The molecule has 0 fully saturated rings. The summed E-state index contributed by atoms with van der Waals surface area (Å²) in [5.74, 6) is 1.56. The third-order valence-electron chi connectivity index (χ3n) is 4.46. The molecule has 6 nitrogen and oxygen atoms in total. The molecule has 3 rings (SSSR count). The molecule has 6 heteroatoms. The zero-order chi connectivity index (χ0) is 17.9. The number of nitrogens with one attached hydrogen (secondary N) is 1. The molecular formula is C19H23N5O. The van der Waals surface area contributed by atoms with Crippen molar-refractivity contribution < 1.29 is 4.74 Å². The van der Waals surface area contributed by atoms with E-state index in [4.69, 9.17) is 4.74 Å². The normalized spacial score (nSPS) is 13.3. The summed E-state index contributed by atoms with van der Waals surface area (Å²) < 4.78 is 6.99. The summed E-state index contributed by atoms with van der Waals surface area (Å²) in [6, 6.07) is 16.0. The summed E-state index contributed by atoms with van der Waals surface area (Å²) in [7, 11) is 1.65. The van der Waals surface area contributed by atoms with Gasteiger partial charge in [-0.05, 0) is 67.1 Å². The molecular weight excluding hydrogens is 314 g/mol. The van der Waals surface area contributed by atoms with Gasteiger partial charge in [-0.3, -0.25) is 0 Å². The Morgan fingerprint density at radius 3 is 2.36 bits per heavy atom. The first-order valence-electron chi connectivity index (χ1n) is 8.34. The number of aromatic nitrogens is 4. The number of methoxy groups -OCH3 is 1. The Morgan fingerprint density at radius 1 is 1.08 bits per heavy atom. The highest BCUT2D eigenvalue weighted by atomic mass is 16.5. The molecule has 0 saturated carbocycles. The van der Waals surface area contributed by atoms with Crippen molar-refractivity contribution in [3.8, 4) is 11.4 Å². The molecule has 0 aliphatic heterocycles. The van der Waals surface area contributed by atoms with E-state index < -0.39 is 5.54 Å². The van der Waals surface area contributed by atoms with Gasteiger partial charge < -0.3 is 10.1 Å². The van der Waals surface area contributed by atoms with Gasteiger partial charge in [-0.1, -0.05) is 24.6 Å². The average Bonchev–Trinajstić information content (AvgIpc) is 3.14. The van der Waals surface area contributed by atoms with Crippen LogP contribution in [0.3, 0.4) is 0 Å². The molecule has 1 atom stereocenters. The lowest BCUT2D eigenvalue weighted by atomic mass is 9.96. The van der Waals surface area contributed by atoms with Gasteiger partial charge in [0.05, 0.1) is 18.3 Å². The van der Waals surface area contributed by atoms with Crippen molar-refractivity contribution in [3.63, 3.8) is 0 Å². The van der Waals surface area contributed by atoms with Gasteiger partial charge in [0.2, 0.25) is 0 Å². The second-order valence-corrected chi connectivity index (χ2v) is 6.29. The van der Waals surface area contributed by atoms with Crippen molar-refractivity contribution in [1.29, 1.82) is 0 Å². The Hall–Kier alpha value is -2.89. The molecule has 1 unspecified atom stereocenters. The van der Waals surface area contributed by atoms with E-state index in [1.54, 1.807) is 11.8 Å². The van der Waals surface area contributed by atoms with Crippen LogP contribution in [0, 0.1) is 6.92 Å². The van der Waals surface area contributed by atoms with Crippen molar-refractivity contribution in [2.75, 3.05) is 12.4 Å². The van der Waals surface area contributed by atoms with Crippen LogP contribution in [-0.2, 0) is 5.54 Å². The van der Waals surface area contributed by atoms with Gasteiger partial charge in [-0.2, -0.15) is 4.68 Å². The number of aryl methyl sites for hydroxylation is 1. The number of rotatable bonds is 6. The van der Waals surface area contributed by atoms with Gasteiger partial charge in [-0.25, -0.2) is 0 Å². The third kappa shape index (κ3) is 3.47. The van der Waals surface area contributed by atoms with E-state index in [0.717, 1.165) is 29.4 Å². The zero-order valence-electron chi connectivity index (χ0n) is 15.0. The zero-order valence-corrected chi connectivity index (χ0v) is 15.0. The van der Waals surface area contributed by atoms with Gasteiger partial charge in [0, 0.05) is 5.69 Å². The van der Waals surface area contributed by atoms with Crippen molar-refractivity contribution in [3.05, 3.63) is 59.9 Å². The first-order chi connectivity index (χ1) is 12.1. The number of benzene rings is 2. The lowest BCUT2D eigenvalue weighted by molar-refractivity contribution is 0.414. The van der Waals surface area contributed by atoms with Gasteiger partial charge in [0.1, 0.15) is 5.75 Å². The van der Waals surface area contributed by atoms with Crippen molar-refractivity contribution in [2.45, 2.75) is 32.7 Å². The Labute approximate surface area is 147 Å². The SMILES string of the molecule is CCC(C)(Nc1ccc(C)cc1)c1nnnn1-c1ccc(OC)cc1. The van der Waals surface area contributed by atoms with Crippen molar-refractivity contribution >= 4 is 5.69 Å². The monoisotopic (exact) mass is 337 g/mol. The lowest BCUT2D eigenvalue weighted by Crippen LogP contribution is -2.34. The fourth-order valence-electron chi connectivity index (χ4n) is 2.69. The molecule has 0 spiro atoms. The van der Waals surface area contributed by atoms with Crippen LogP contribution in [0.15, 0.2) is 48.5 Å². The Bertz CT molecular complexity index is 826. The Kier molecular flexibility index (Phi) is 4.70. The fraction of sp³-hybridized carbons (Fsp3) is 0.316. The summed E-state index contributed by atoms with van der Waals surface area (Å²) in [5, 5.41) is 16.0. The van der Waals surface area contributed by atoms with E-state index in [1.165, 1.54) is 5.56 Å². The van der Waals surface area contributed by atoms with E-state index in [9.17, 15) is 0 Å². The predicted octanol–water partition coefficient (Wildman–Crippen LogP) is 3.72. The van der Waals surface area contributed by atoms with E-state index in [-0.39, 0.29) is 0 Å². The number of hydrogen-bond acceptors (Lipinski definition) is 5. The molecule has 3 aromatic rings. The summed E-state index contributed by atoms with van der Waals surface area (Å²) in [5.41, 5.74) is 2.76. The molecule has 130 valence electrons. The number of nitrogens with zero attached hydrogens (tertiary/aromatic N) is 4. The summed E-state index contributed by atoms with van der Waals surface area (Å²) in [4.78, 5) is 0. The standard InChI is InChI=1S/C19H23N5O/c1-5-19(3,20-15-8-6-14(2)7-9-15)18-21-22-23-24(18)16-10-12-17(25-4)13-11-16/h6-13,20H,5H2,1-4H3. The maximum Gasteiger partial charge on any atom is 0.181 e. The van der Waals surface area contributed by atoms with Crippen molar-refractivity contribution in [2.24, 2.45) is 0 Å². The molecule has 0 amide bonds. The quantitative estimate of drug-likeness (QED) is 0.743. The van der Waals surface area contributed by atoms with Crippen molar-refractivity contribution in [1.82, 2.24) is 20.2 Å². The fourth-order valence-corrected chi connectivity index (χ4v) is 2.69. The molecule has 1 N–H and O–H groups in total. The van der Waals surface area contributed by atoms with Crippen LogP contribution in [0.25, 0.3) is 5.69 Å². The summed E-state index contributed by atoms with van der Waals surface area (Å²) in [6.45, 7) is 6.31. The molecule has 1 heterocycles. The number of hydrogen-bond donors (Lipinski definition) is 1.